The Labute approximate surface area is 178 Å². The zero-order valence-electron chi connectivity index (χ0n) is 16.8. The first-order valence-electron chi connectivity index (χ1n) is 9.81. The molecule has 8 heteroatoms. The number of rotatable bonds is 5. The lowest BCUT2D eigenvalue weighted by Crippen LogP contribution is -2.22. The average molecular weight is 409 g/mol. The molecule has 0 aliphatic carbocycles. The summed E-state index contributed by atoms with van der Waals surface area (Å²) in [4.78, 5) is 30.3. The van der Waals surface area contributed by atoms with Crippen molar-refractivity contribution in [1.82, 2.24) is 34.2 Å². The van der Waals surface area contributed by atoms with E-state index in [1.807, 2.05) is 64.7 Å². The van der Waals surface area contributed by atoms with Crippen molar-refractivity contribution in [1.29, 1.82) is 0 Å². The highest BCUT2D eigenvalue weighted by molar-refractivity contribution is 6.02. The smallest absolute Gasteiger partial charge is 0.253 e. The first-order valence-corrected chi connectivity index (χ1v) is 9.81. The average Bonchev–Trinajstić information content (AvgIpc) is 3.39. The molecule has 8 nitrogen and oxygen atoms in total. The summed E-state index contributed by atoms with van der Waals surface area (Å²) in [5.41, 5.74) is 3.95. The molecule has 5 rings (SSSR count). The van der Waals surface area contributed by atoms with Crippen LogP contribution < -0.4 is 5.32 Å². The number of fused-ring (bicyclic) bond motifs is 1. The van der Waals surface area contributed by atoms with Gasteiger partial charge in [0.1, 0.15) is 11.5 Å². The van der Waals surface area contributed by atoms with E-state index in [4.69, 9.17) is 4.98 Å². The number of nitrogens with zero attached hydrogens (tertiary/aromatic N) is 6. The Bertz CT molecular complexity index is 1360. The molecular weight excluding hydrogens is 390 g/mol. The second kappa shape index (κ2) is 7.83. The van der Waals surface area contributed by atoms with Crippen molar-refractivity contribution < 1.29 is 4.79 Å². The molecule has 0 unspecified atom stereocenters. The molecule has 31 heavy (non-hydrogen) atoms. The third-order valence-electron chi connectivity index (χ3n) is 5.04. The van der Waals surface area contributed by atoms with Crippen LogP contribution in [0.3, 0.4) is 0 Å². The second-order valence-electron chi connectivity index (χ2n) is 7.03. The lowest BCUT2D eigenvalue weighted by Gasteiger charge is -2.04. The Hall–Kier alpha value is -4.33. The van der Waals surface area contributed by atoms with E-state index in [0.717, 1.165) is 28.3 Å². The first kappa shape index (κ1) is 18.7. The number of carbonyl (C=O) groups is 1. The lowest BCUT2D eigenvalue weighted by atomic mass is 10.2. The lowest BCUT2D eigenvalue weighted by molar-refractivity contribution is 0.0952. The second-order valence-corrected chi connectivity index (χ2v) is 7.03. The molecule has 5 aromatic rings. The fourth-order valence-corrected chi connectivity index (χ4v) is 3.52. The molecule has 0 radical (unpaired) electrons. The van der Waals surface area contributed by atoms with E-state index in [9.17, 15) is 4.79 Å². The number of imidazole rings is 1. The fourth-order valence-electron chi connectivity index (χ4n) is 3.52. The predicted molar refractivity (Wildman–Crippen MR) is 116 cm³/mol. The van der Waals surface area contributed by atoms with Crippen LogP contribution in [-0.2, 0) is 6.54 Å². The van der Waals surface area contributed by atoms with Crippen LogP contribution in [0.1, 0.15) is 21.7 Å². The molecule has 0 saturated carbocycles. The summed E-state index contributed by atoms with van der Waals surface area (Å²) in [6.07, 6.45) is 10.6. The molecule has 0 bridgehead atoms. The number of carbonyl (C=O) groups excluding carboxylic acids is 1. The maximum Gasteiger partial charge on any atom is 0.253 e. The Morgan fingerprint density at radius 1 is 1.03 bits per heavy atom. The molecule has 0 aliphatic rings. The molecule has 5 aromatic heterocycles. The predicted octanol–water partition coefficient (Wildman–Crippen LogP) is 3.22. The van der Waals surface area contributed by atoms with Gasteiger partial charge in [0.05, 0.1) is 16.8 Å². The van der Waals surface area contributed by atoms with Crippen molar-refractivity contribution in [3.8, 4) is 17.3 Å². The number of hydrogen-bond acceptors (Lipinski definition) is 5. The highest BCUT2D eigenvalue weighted by Crippen LogP contribution is 2.26. The fraction of sp³-hybridized carbons (Fsp3) is 0.0870. The highest BCUT2D eigenvalue weighted by Gasteiger charge is 2.19. The van der Waals surface area contributed by atoms with E-state index < -0.39 is 0 Å². The summed E-state index contributed by atoms with van der Waals surface area (Å²) < 4.78 is 3.81. The van der Waals surface area contributed by atoms with Crippen LogP contribution in [0.5, 0.6) is 0 Å². The normalized spacial score (nSPS) is 11.0. The number of aryl methyl sites for hydroxylation is 1. The molecule has 1 amide bonds. The summed E-state index contributed by atoms with van der Waals surface area (Å²) in [5.74, 6) is 1.17. The SMILES string of the molecule is Cc1nc(-c2cc(C(=O)NCc3ccncc3)c3ccccn23)cn1-c1ncccn1. The van der Waals surface area contributed by atoms with Crippen LogP contribution in [0.15, 0.2) is 79.6 Å². The molecule has 0 spiro atoms. The van der Waals surface area contributed by atoms with Gasteiger partial charge in [-0.3, -0.25) is 14.3 Å². The Balaban J connectivity index is 1.52. The maximum atomic E-state index is 13.0. The van der Waals surface area contributed by atoms with Gasteiger partial charge in [-0.15, -0.1) is 0 Å². The van der Waals surface area contributed by atoms with Gasteiger partial charge in [-0.25, -0.2) is 15.0 Å². The van der Waals surface area contributed by atoms with Gasteiger partial charge >= 0.3 is 0 Å². The van der Waals surface area contributed by atoms with E-state index in [1.54, 1.807) is 30.9 Å². The van der Waals surface area contributed by atoms with E-state index in [1.165, 1.54) is 0 Å². The van der Waals surface area contributed by atoms with Crippen LogP contribution in [0.4, 0.5) is 0 Å². The first-order chi connectivity index (χ1) is 15.2. The van der Waals surface area contributed by atoms with E-state index >= 15 is 0 Å². The van der Waals surface area contributed by atoms with Gasteiger partial charge in [0.25, 0.3) is 5.91 Å². The number of hydrogen-bond donors (Lipinski definition) is 1. The van der Waals surface area contributed by atoms with Gasteiger partial charge in [0.15, 0.2) is 0 Å². The molecule has 0 aromatic carbocycles. The molecular formula is C23H19N7O. The number of nitrogens with one attached hydrogen (secondary N) is 1. The topological polar surface area (TPSA) is 90.0 Å². The summed E-state index contributed by atoms with van der Waals surface area (Å²) >= 11 is 0. The summed E-state index contributed by atoms with van der Waals surface area (Å²) in [7, 11) is 0. The molecule has 5 heterocycles. The highest BCUT2D eigenvalue weighted by atomic mass is 16.1. The molecule has 0 atom stereocenters. The summed E-state index contributed by atoms with van der Waals surface area (Å²) in [6.45, 7) is 2.33. The molecule has 0 fully saturated rings. The largest absolute Gasteiger partial charge is 0.348 e. The maximum absolute atomic E-state index is 13.0. The van der Waals surface area contributed by atoms with Crippen molar-refractivity contribution in [2.45, 2.75) is 13.5 Å². The van der Waals surface area contributed by atoms with Crippen LogP contribution in [-0.4, -0.2) is 34.8 Å². The minimum Gasteiger partial charge on any atom is -0.348 e. The van der Waals surface area contributed by atoms with E-state index in [-0.39, 0.29) is 5.91 Å². The molecule has 1 N–H and O–H groups in total. The third kappa shape index (κ3) is 3.55. The monoisotopic (exact) mass is 409 g/mol. The van der Waals surface area contributed by atoms with Crippen molar-refractivity contribution in [2.24, 2.45) is 0 Å². The van der Waals surface area contributed by atoms with Gasteiger partial charge in [-0.05, 0) is 48.9 Å². The van der Waals surface area contributed by atoms with Gasteiger partial charge in [0.2, 0.25) is 5.95 Å². The van der Waals surface area contributed by atoms with Gasteiger partial charge in [-0.1, -0.05) is 6.07 Å². The number of pyridine rings is 2. The van der Waals surface area contributed by atoms with Crippen LogP contribution in [0, 0.1) is 6.92 Å². The zero-order chi connectivity index (χ0) is 21.2. The minimum atomic E-state index is -0.144. The van der Waals surface area contributed by atoms with Crippen LogP contribution >= 0.6 is 0 Å². The molecule has 0 aliphatic heterocycles. The van der Waals surface area contributed by atoms with Crippen molar-refractivity contribution >= 4 is 11.4 Å². The number of aromatic nitrogens is 6. The van der Waals surface area contributed by atoms with Crippen LogP contribution in [0.25, 0.3) is 22.9 Å². The number of amides is 1. The summed E-state index contributed by atoms with van der Waals surface area (Å²) in [5, 5.41) is 2.99. The van der Waals surface area contributed by atoms with Gasteiger partial charge < -0.3 is 9.72 Å². The molecule has 152 valence electrons. The van der Waals surface area contributed by atoms with Gasteiger partial charge in [-0.2, -0.15) is 0 Å². The Kier molecular flexibility index (Phi) is 4.72. The Morgan fingerprint density at radius 3 is 2.65 bits per heavy atom. The van der Waals surface area contributed by atoms with E-state index in [0.29, 0.717) is 18.1 Å². The zero-order valence-corrected chi connectivity index (χ0v) is 16.8. The quantitative estimate of drug-likeness (QED) is 0.481. The summed E-state index contributed by atoms with van der Waals surface area (Å²) in [6, 6.07) is 13.2. The molecule has 0 saturated heterocycles. The van der Waals surface area contributed by atoms with Crippen LogP contribution in [0.2, 0.25) is 0 Å². The Morgan fingerprint density at radius 2 is 1.84 bits per heavy atom. The standard InChI is InChI=1S/C23H19N7O/c1-16-28-19(15-30(16)23-25-8-4-9-26-23)21-13-18(20-5-2-3-12-29(20)21)22(31)27-14-17-6-10-24-11-7-17/h2-13,15H,14H2,1H3,(H,27,31). The van der Waals surface area contributed by atoms with E-state index in [2.05, 4.69) is 20.3 Å². The van der Waals surface area contributed by atoms with Crippen molar-refractivity contribution in [2.75, 3.05) is 0 Å². The van der Waals surface area contributed by atoms with Gasteiger partial charge in [0, 0.05) is 43.7 Å². The van der Waals surface area contributed by atoms with Crippen molar-refractivity contribution in [3.05, 3.63) is 96.6 Å². The van der Waals surface area contributed by atoms with Crippen molar-refractivity contribution in [3.63, 3.8) is 0 Å². The third-order valence-corrected chi connectivity index (χ3v) is 5.04. The minimum absolute atomic E-state index is 0.144.